The fraction of sp³-hybridized carbons (Fsp3) is 0. The second kappa shape index (κ2) is 3.08. The third-order valence-corrected chi connectivity index (χ3v) is 0.438. The van der Waals surface area contributed by atoms with Gasteiger partial charge < -0.3 is 5.11 Å². The third kappa shape index (κ3) is 2.31. The van der Waals surface area contributed by atoms with E-state index in [2.05, 4.69) is 5.53 Å². The van der Waals surface area contributed by atoms with Gasteiger partial charge in [0.25, 0.3) is 0 Å². The van der Waals surface area contributed by atoms with Gasteiger partial charge in [-0.3, -0.25) is 15.6 Å². The van der Waals surface area contributed by atoms with Crippen LogP contribution in [0, 0.1) is 21.6 Å². The summed E-state index contributed by atoms with van der Waals surface area (Å²) >= 11 is 0. The van der Waals surface area contributed by atoms with E-state index in [1.807, 2.05) is 0 Å². The summed E-state index contributed by atoms with van der Waals surface area (Å²) in [5, 5.41) is 23.6. The zero-order chi connectivity index (χ0) is 8.15. The Morgan fingerprint density at radius 1 is 1.90 bits per heavy atom. The highest BCUT2D eigenvalue weighted by molar-refractivity contribution is 5.67. The van der Waals surface area contributed by atoms with Crippen LogP contribution in [0.4, 0.5) is 4.79 Å². The lowest BCUT2D eigenvalue weighted by atomic mass is 11.0. The zero-order valence-electron chi connectivity index (χ0n) is 4.46. The van der Waals surface area contributed by atoms with Crippen molar-refractivity contribution in [1.82, 2.24) is 5.01 Å². The first-order valence-corrected chi connectivity index (χ1v) is 1.86. The standard InChI is InChI=1S/C2HN4O4/c3-1-5(2(7)8)4-6(9)10/h(H,7,8)/q-1. The van der Waals surface area contributed by atoms with E-state index in [0.717, 1.165) is 6.19 Å². The quantitative estimate of drug-likeness (QED) is 0.252. The van der Waals surface area contributed by atoms with Crippen LogP contribution < -0.4 is 0 Å². The van der Waals surface area contributed by atoms with Crippen LogP contribution in [-0.4, -0.2) is 21.2 Å². The van der Waals surface area contributed by atoms with Gasteiger partial charge in [-0.25, -0.2) is 9.80 Å². The Bertz CT molecular complexity index is 194. The fourth-order valence-corrected chi connectivity index (χ4v) is 0.174. The normalized spacial score (nSPS) is 7.50. The predicted molar refractivity (Wildman–Crippen MR) is 25.8 cm³/mol. The van der Waals surface area contributed by atoms with Gasteiger partial charge in [0.05, 0.1) is 0 Å². The SMILES string of the molecule is N#CN([N-][N+](=O)[O-])C(=O)O. The molecular weight excluding hydrogens is 144 g/mol. The van der Waals surface area contributed by atoms with Crippen LogP contribution >= 0.6 is 0 Å². The summed E-state index contributed by atoms with van der Waals surface area (Å²) in [7, 11) is 0. The first-order chi connectivity index (χ1) is 4.57. The average Bonchev–Trinajstić information content (AvgIpc) is 1.81. The number of amides is 1. The number of nitriles is 1. The van der Waals surface area contributed by atoms with Gasteiger partial charge in [-0.15, -0.1) is 0 Å². The van der Waals surface area contributed by atoms with Crippen molar-refractivity contribution in [3.8, 4) is 6.19 Å². The van der Waals surface area contributed by atoms with E-state index >= 15 is 0 Å². The maximum atomic E-state index is 9.77. The van der Waals surface area contributed by atoms with E-state index in [4.69, 9.17) is 10.4 Å². The van der Waals surface area contributed by atoms with Crippen molar-refractivity contribution >= 4 is 6.09 Å². The number of hydrogen-bond acceptors (Lipinski definition) is 4. The molecular formula is C2HN4O4-. The molecule has 0 spiro atoms. The van der Waals surface area contributed by atoms with Gasteiger partial charge in [-0.2, -0.15) is 5.26 Å². The van der Waals surface area contributed by atoms with Gasteiger partial charge in [-0.1, -0.05) is 0 Å². The summed E-state index contributed by atoms with van der Waals surface area (Å²) in [6.45, 7) is 0. The molecule has 0 rings (SSSR count). The summed E-state index contributed by atoms with van der Waals surface area (Å²) in [5.41, 5.74) is 2.19. The minimum absolute atomic E-state index is 0.361. The molecule has 0 unspecified atom stereocenters. The molecule has 0 fully saturated rings. The van der Waals surface area contributed by atoms with Crippen LogP contribution in [0.1, 0.15) is 0 Å². The van der Waals surface area contributed by atoms with E-state index in [-0.39, 0.29) is 5.01 Å². The maximum Gasteiger partial charge on any atom is 0.411 e. The second-order valence-corrected chi connectivity index (χ2v) is 1.02. The topological polar surface area (TPSA) is 122 Å². The van der Waals surface area contributed by atoms with Gasteiger partial charge in [-0.05, 0) is 0 Å². The third-order valence-electron chi connectivity index (χ3n) is 0.438. The zero-order valence-corrected chi connectivity index (χ0v) is 4.46. The molecule has 0 bridgehead atoms. The molecule has 0 aliphatic carbocycles. The van der Waals surface area contributed by atoms with Crippen LogP contribution in [0.15, 0.2) is 0 Å². The molecule has 0 aromatic heterocycles. The average molecular weight is 145 g/mol. The highest BCUT2D eigenvalue weighted by Crippen LogP contribution is 1.95. The number of nitrogens with zero attached hydrogens (tertiary/aromatic N) is 4. The molecule has 0 aromatic rings. The molecule has 54 valence electrons. The molecule has 10 heavy (non-hydrogen) atoms. The van der Waals surface area contributed by atoms with Crippen molar-refractivity contribution in [1.29, 1.82) is 5.26 Å². The van der Waals surface area contributed by atoms with Crippen LogP contribution in [0.3, 0.4) is 0 Å². The van der Waals surface area contributed by atoms with E-state index in [0.29, 0.717) is 0 Å². The number of hydrogen-bond donors (Lipinski definition) is 1. The van der Waals surface area contributed by atoms with Gasteiger partial charge in [0, 0.05) is 5.03 Å². The number of carbonyl (C=O) groups is 1. The Morgan fingerprint density at radius 3 is 2.50 bits per heavy atom. The van der Waals surface area contributed by atoms with Crippen LogP contribution in [0.5, 0.6) is 0 Å². The van der Waals surface area contributed by atoms with Crippen LogP contribution in [0.25, 0.3) is 5.53 Å². The Hall–Kier alpha value is -2.04. The first-order valence-electron chi connectivity index (χ1n) is 1.86. The molecule has 8 heteroatoms. The smallest absolute Gasteiger partial charge is 0.411 e. The molecule has 8 nitrogen and oxygen atoms in total. The van der Waals surface area contributed by atoms with Gasteiger partial charge in [0.1, 0.15) is 0 Å². The maximum absolute atomic E-state index is 9.77. The summed E-state index contributed by atoms with van der Waals surface area (Å²) in [6.07, 6.45) is -0.834. The number of carboxylic acid groups (broad SMARTS) is 1. The Kier molecular flexibility index (Phi) is 2.45. The van der Waals surface area contributed by atoms with Crippen molar-refractivity contribution < 1.29 is 14.9 Å². The Morgan fingerprint density at radius 2 is 2.40 bits per heavy atom. The largest absolute Gasteiger partial charge is 0.465 e. The van der Waals surface area contributed by atoms with Gasteiger partial charge in [0.15, 0.2) is 6.19 Å². The van der Waals surface area contributed by atoms with Gasteiger partial charge >= 0.3 is 6.09 Å². The van der Waals surface area contributed by atoms with E-state index < -0.39 is 11.1 Å². The summed E-state index contributed by atoms with van der Waals surface area (Å²) in [6, 6.07) is 0. The lowest BCUT2D eigenvalue weighted by molar-refractivity contribution is -0.441. The molecule has 0 radical (unpaired) electrons. The van der Waals surface area contributed by atoms with Crippen molar-refractivity contribution in [2.75, 3.05) is 0 Å². The molecule has 0 atom stereocenters. The van der Waals surface area contributed by atoms with E-state index in [1.54, 1.807) is 0 Å². The fourth-order valence-electron chi connectivity index (χ4n) is 0.174. The Labute approximate surface area is 54.4 Å². The van der Waals surface area contributed by atoms with Gasteiger partial charge in [0.2, 0.25) is 0 Å². The first kappa shape index (κ1) is 7.96. The summed E-state index contributed by atoms with van der Waals surface area (Å²) < 4.78 is 0. The number of nitro groups is 1. The van der Waals surface area contributed by atoms with Crippen molar-refractivity contribution in [2.45, 2.75) is 0 Å². The molecule has 0 saturated carbocycles. The number of rotatable bonds is 2. The highest BCUT2D eigenvalue weighted by Gasteiger charge is 2.02. The molecule has 0 heterocycles. The monoisotopic (exact) mass is 145 g/mol. The van der Waals surface area contributed by atoms with E-state index in [9.17, 15) is 14.9 Å². The lowest BCUT2D eigenvalue weighted by Crippen LogP contribution is -2.21. The summed E-state index contributed by atoms with van der Waals surface area (Å²) in [4.78, 5) is 19.2. The molecule has 0 saturated heterocycles. The highest BCUT2D eigenvalue weighted by atomic mass is 16.7. The van der Waals surface area contributed by atoms with Crippen molar-refractivity contribution in [2.24, 2.45) is 0 Å². The van der Waals surface area contributed by atoms with Crippen molar-refractivity contribution in [3.63, 3.8) is 0 Å². The molecule has 0 aliphatic rings. The van der Waals surface area contributed by atoms with E-state index in [1.165, 1.54) is 0 Å². The second-order valence-electron chi connectivity index (χ2n) is 1.02. The van der Waals surface area contributed by atoms with Crippen LogP contribution in [0.2, 0.25) is 0 Å². The molecule has 1 amide bonds. The molecule has 0 aromatic carbocycles. The summed E-state index contributed by atoms with van der Waals surface area (Å²) in [5.74, 6) is 0. The Balaban J connectivity index is 4.00. The van der Waals surface area contributed by atoms with Crippen LogP contribution in [-0.2, 0) is 0 Å². The minimum Gasteiger partial charge on any atom is -0.465 e. The molecule has 1 N–H and O–H groups in total. The molecule has 0 aliphatic heterocycles. The lowest BCUT2D eigenvalue weighted by Gasteiger charge is -2.15. The predicted octanol–water partition coefficient (Wildman–Crippen LogP) is -0.0721. The van der Waals surface area contributed by atoms with Crippen molar-refractivity contribution in [3.05, 3.63) is 15.6 Å². The minimum atomic E-state index is -1.79.